The second-order valence-electron chi connectivity index (χ2n) is 3.94. The molecule has 0 aliphatic heterocycles. The van der Waals surface area contributed by atoms with Gasteiger partial charge < -0.3 is 5.32 Å². The lowest BCUT2D eigenvalue weighted by atomic mass is 10.2. The van der Waals surface area contributed by atoms with Crippen molar-refractivity contribution in [3.8, 4) is 0 Å². The van der Waals surface area contributed by atoms with Crippen LogP contribution in [0.4, 0.5) is 5.69 Å². The Bertz CT molecular complexity index is 382. The third-order valence-corrected chi connectivity index (χ3v) is 3.97. The van der Waals surface area contributed by atoms with E-state index in [0.717, 1.165) is 15.9 Å². The molecule has 1 aromatic rings. The van der Waals surface area contributed by atoms with Gasteiger partial charge in [-0.1, -0.05) is 19.4 Å². The number of hydrogen-bond acceptors (Lipinski definition) is 2. The Morgan fingerprint density at radius 1 is 1.47 bits per heavy atom. The molecule has 94 valence electrons. The molecule has 2 nitrogen and oxygen atoms in total. The first-order valence-corrected chi connectivity index (χ1v) is 7.72. The van der Waals surface area contributed by atoms with Crippen LogP contribution in [0.2, 0.25) is 0 Å². The van der Waals surface area contributed by atoms with Gasteiger partial charge in [0, 0.05) is 4.47 Å². The van der Waals surface area contributed by atoms with Crippen LogP contribution in [0, 0.1) is 6.92 Å². The maximum atomic E-state index is 11.7. The zero-order chi connectivity index (χ0) is 12.7. The van der Waals surface area contributed by atoms with Crippen LogP contribution in [0.15, 0.2) is 22.7 Å². The topological polar surface area (TPSA) is 29.1 Å². The summed E-state index contributed by atoms with van der Waals surface area (Å²) in [4.78, 5) is 11.7. The number of carbonyl (C=O) groups excluding carboxylic acids is 1. The fourth-order valence-electron chi connectivity index (χ4n) is 1.32. The molecule has 0 radical (unpaired) electrons. The van der Waals surface area contributed by atoms with Crippen molar-refractivity contribution in [1.82, 2.24) is 0 Å². The minimum atomic E-state index is 0.0654. The largest absolute Gasteiger partial charge is 0.324 e. The van der Waals surface area contributed by atoms with Crippen LogP contribution in [0.25, 0.3) is 0 Å². The van der Waals surface area contributed by atoms with Crippen molar-refractivity contribution in [2.75, 3.05) is 16.8 Å². The third-order valence-electron chi connectivity index (χ3n) is 2.27. The van der Waals surface area contributed by atoms with E-state index in [4.69, 9.17) is 0 Å². The van der Waals surface area contributed by atoms with Gasteiger partial charge in [-0.3, -0.25) is 4.79 Å². The van der Waals surface area contributed by atoms with E-state index in [9.17, 15) is 4.79 Å². The molecular formula is C13H18BrNOS. The summed E-state index contributed by atoms with van der Waals surface area (Å²) in [5.74, 6) is 1.65. The van der Waals surface area contributed by atoms with Crippen molar-refractivity contribution in [3.05, 3.63) is 28.2 Å². The minimum absolute atomic E-state index is 0.0654. The van der Waals surface area contributed by atoms with Gasteiger partial charge in [-0.2, -0.15) is 11.8 Å². The Balaban J connectivity index is 2.40. The summed E-state index contributed by atoms with van der Waals surface area (Å²) in [5.41, 5.74) is 2.02. The number of amides is 1. The van der Waals surface area contributed by atoms with E-state index in [1.165, 1.54) is 18.4 Å². The van der Waals surface area contributed by atoms with Crippen molar-refractivity contribution < 1.29 is 4.79 Å². The van der Waals surface area contributed by atoms with E-state index in [-0.39, 0.29) is 5.91 Å². The summed E-state index contributed by atoms with van der Waals surface area (Å²) in [7, 11) is 0. The zero-order valence-electron chi connectivity index (χ0n) is 10.3. The Labute approximate surface area is 116 Å². The molecular weight excluding hydrogens is 298 g/mol. The fourth-order valence-corrected chi connectivity index (χ4v) is 2.81. The normalized spacial score (nSPS) is 10.3. The smallest absolute Gasteiger partial charge is 0.234 e. The predicted molar refractivity (Wildman–Crippen MR) is 79.7 cm³/mol. The van der Waals surface area contributed by atoms with Gasteiger partial charge >= 0.3 is 0 Å². The highest BCUT2D eigenvalue weighted by Crippen LogP contribution is 2.23. The van der Waals surface area contributed by atoms with E-state index >= 15 is 0 Å². The lowest BCUT2D eigenvalue weighted by Gasteiger charge is -2.07. The second-order valence-corrected chi connectivity index (χ2v) is 5.90. The molecule has 0 saturated heterocycles. The van der Waals surface area contributed by atoms with E-state index < -0.39 is 0 Å². The Hall–Kier alpha value is -0.480. The molecule has 1 N–H and O–H groups in total. The minimum Gasteiger partial charge on any atom is -0.324 e. The molecule has 0 atom stereocenters. The average Bonchev–Trinajstić information content (AvgIpc) is 2.28. The molecule has 1 amide bonds. The number of hydrogen-bond donors (Lipinski definition) is 1. The number of rotatable bonds is 6. The molecule has 0 aliphatic carbocycles. The summed E-state index contributed by atoms with van der Waals surface area (Å²) >= 11 is 5.13. The number of carbonyl (C=O) groups is 1. The lowest BCUT2D eigenvalue weighted by Crippen LogP contribution is -2.14. The standard InChI is InChI=1S/C13H18BrNOS/c1-3-4-7-17-9-13(16)15-12-6-5-10(2)8-11(12)14/h5-6,8H,3-4,7,9H2,1-2H3,(H,15,16). The number of anilines is 1. The van der Waals surface area contributed by atoms with Crippen molar-refractivity contribution in [1.29, 1.82) is 0 Å². The van der Waals surface area contributed by atoms with Gasteiger partial charge in [-0.05, 0) is 52.7 Å². The van der Waals surface area contributed by atoms with Crippen molar-refractivity contribution in [2.24, 2.45) is 0 Å². The summed E-state index contributed by atoms with van der Waals surface area (Å²) in [6, 6.07) is 5.92. The molecule has 17 heavy (non-hydrogen) atoms. The lowest BCUT2D eigenvalue weighted by molar-refractivity contribution is -0.113. The van der Waals surface area contributed by atoms with Gasteiger partial charge in [0.25, 0.3) is 0 Å². The molecule has 0 spiro atoms. The van der Waals surface area contributed by atoms with Crippen LogP contribution < -0.4 is 5.32 Å². The second kappa shape index (κ2) is 7.77. The number of unbranched alkanes of at least 4 members (excludes halogenated alkanes) is 1. The molecule has 0 saturated carbocycles. The molecule has 1 rings (SSSR count). The molecule has 1 aromatic carbocycles. The Morgan fingerprint density at radius 3 is 2.88 bits per heavy atom. The quantitative estimate of drug-likeness (QED) is 0.796. The summed E-state index contributed by atoms with van der Waals surface area (Å²) in [5, 5.41) is 2.91. The van der Waals surface area contributed by atoms with Crippen LogP contribution in [-0.4, -0.2) is 17.4 Å². The number of thioether (sulfide) groups is 1. The van der Waals surface area contributed by atoms with Gasteiger partial charge in [-0.15, -0.1) is 0 Å². The van der Waals surface area contributed by atoms with E-state index in [1.807, 2.05) is 25.1 Å². The highest BCUT2D eigenvalue weighted by molar-refractivity contribution is 9.10. The van der Waals surface area contributed by atoms with Crippen molar-refractivity contribution in [3.63, 3.8) is 0 Å². The molecule has 0 aliphatic rings. The maximum absolute atomic E-state index is 11.7. The van der Waals surface area contributed by atoms with Crippen molar-refractivity contribution >= 4 is 39.3 Å². The Morgan fingerprint density at radius 2 is 2.24 bits per heavy atom. The summed E-state index contributed by atoms with van der Waals surface area (Å²) in [6.07, 6.45) is 2.35. The molecule has 4 heteroatoms. The first-order chi connectivity index (χ1) is 8.13. The SMILES string of the molecule is CCCCSCC(=O)Nc1ccc(C)cc1Br. The number of aryl methyl sites for hydroxylation is 1. The first-order valence-electron chi connectivity index (χ1n) is 5.77. The number of benzene rings is 1. The van der Waals surface area contributed by atoms with Crippen LogP contribution in [-0.2, 0) is 4.79 Å². The monoisotopic (exact) mass is 315 g/mol. The molecule has 0 unspecified atom stereocenters. The van der Waals surface area contributed by atoms with Crippen LogP contribution in [0.1, 0.15) is 25.3 Å². The molecule has 0 fully saturated rings. The number of halogens is 1. The molecule has 0 aromatic heterocycles. The van der Waals surface area contributed by atoms with Gasteiger partial charge in [0.05, 0.1) is 11.4 Å². The molecule has 0 bridgehead atoms. The van der Waals surface area contributed by atoms with Gasteiger partial charge in [-0.25, -0.2) is 0 Å². The van der Waals surface area contributed by atoms with Crippen LogP contribution >= 0.6 is 27.7 Å². The first kappa shape index (κ1) is 14.6. The van der Waals surface area contributed by atoms with E-state index in [0.29, 0.717) is 5.75 Å². The fraction of sp³-hybridized carbons (Fsp3) is 0.462. The highest BCUT2D eigenvalue weighted by atomic mass is 79.9. The predicted octanol–water partition coefficient (Wildman–Crippen LogP) is 4.23. The Kier molecular flexibility index (Phi) is 6.66. The van der Waals surface area contributed by atoms with Gasteiger partial charge in [0.2, 0.25) is 5.91 Å². The van der Waals surface area contributed by atoms with E-state index in [2.05, 4.69) is 28.2 Å². The summed E-state index contributed by atoms with van der Waals surface area (Å²) in [6.45, 7) is 4.18. The van der Waals surface area contributed by atoms with Crippen LogP contribution in [0.3, 0.4) is 0 Å². The third kappa shape index (κ3) is 5.59. The zero-order valence-corrected chi connectivity index (χ0v) is 12.7. The summed E-state index contributed by atoms with van der Waals surface area (Å²) < 4.78 is 0.935. The maximum Gasteiger partial charge on any atom is 0.234 e. The highest BCUT2D eigenvalue weighted by Gasteiger charge is 2.05. The van der Waals surface area contributed by atoms with Gasteiger partial charge in [0.1, 0.15) is 0 Å². The average molecular weight is 316 g/mol. The van der Waals surface area contributed by atoms with E-state index in [1.54, 1.807) is 11.8 Å². The van der Waals surface area contributed by atoms with Gasteiger partial charge in [0.15, 0.2) is 0 Å². The van der Waals surface area contributed by atoms with Crippen LogP contribution in [0.5, 0.6) is 0 Å². The number of nitrogens with one attached hydrogen (secondary N) is 1. The molecule has 0 heterocycles. The van der Waals surface area contributed by atoms with Crippen molar-refractivity contribution in [2.45, 2.75) is 26.7 Å².